The van der Waals surface area contributed by atoms with Gasteiger partial charge in [-0.25, -0.2) is 0 Å². The van der Waals surface area contributed by atoms with Crippen molar-refractivity contribution in [3.05, 3.63) is 63.1 Å². The fraction of sp³-hybridized carbons (Fsp3) is 0.333. The lowest BCUT2D eigenvalue weighted by atomic mass is 9.92. The highest BCUT2D eigenvalue weighted by atomic mass is 79.9. The third-order valence-electron chi connectivity index (χ3n) is 3.75. The quantitative estimate of drug-likeness (QED) is 0.840. The van der Waals surface area contributed by atoms with Crippen molar-refractivity contribution in [1.29, 1.82) is 0 Å². The Balaban J connectivity index is 2.50. The molecule has 0 aliphatic heterocycles. The van der Waals surface area contributed by atoms with Gasteiger partial charge in [0.15, 0.2) is 0 Å². The summed E-state index contributed by atoms with van der Waals surface area (Å²) < 4.78 is 6.42. The van der Waals surface area contributed by atoms with Gasteiger partial charge in [0.25, 0.3) is 0 Å². The fourth-order valence-electron chi connectivity index (χ4n) is 2.61. The third-order valence-corrected chi connectivity index (χ3v) is 4.24. The van der Waals surface area contributed by atoms with E-state index in [-0.39, 0.29) is 6.04 Å². The predicted octanol–water partition coefficient (Wildman–Crippen LogP) is 4.77. The van der Waals surface area contributed by atoms with Crippen molar-refractivity contribution in [3.8, 4) is 5.75 Å². The van der Waals surface area contributed by atoms with E-state index >= 15 is 0 Å². The second-order valence-electron chi connectivity index (χ2n) is 5.21. The molecule has 1 atom stereocenters. The molecule has 0 saturated heterocycles. The second-order valence-corrected chi connectivity index (χ2v) is 6.13. The van der Waals surface area contributed by atoms with Crippen molar-refractivity contribution in [3.63, 3.8) is 0 Å². The van der Waals surface area contributed by atoms with E-state index in [1.165, 1.54) is 22.3 Å². The molecule has 0 aliphatic carbocycles. The minimum Gasteiger partial charge on any atom is -0.497 e. The molecule has 0 amide bonds. The third kappa shape index (κ3) is 3.66. The highest BCUT2D eigenvalue weighted by molar-refractivity contribution is 9.10. The minimum absolute atomic E-state index is 0.193. The van der Waals surface area contributed by atoms with Gasteiger partial charge in [-0.15, -0.1) is 0 Å². The Bertz CT molecular complexity index is 625. The summed E-state index contributed by atoms with van der Waals surface area (Å²) in [6.45, 7) is 7.35. The lowest BCUT2D eigenvalue weighted by molar-refractivity contribution is 0.414. The highest BCUT2D eigenvalue weighted by Crippen LogP contribution is 2.31. The number of hydrogen-bond donors (Lipinski definition) is 1. The van der Waals surface area contributed by atoms with E-state index in [1.54, 1.807) is 7.11 Å². The summed E-state index contributed by atoms with van der Waals surface area (Å²) in [4.78, 5) is 0. The first-order valence-electron chi connectivity index (χ1n) is 7.20. The summed E-state index contributed by atoms with van der Waals surface area (Å²) in [5.41, 5.74) is 5.12. The van der Waals surface area contributed by atoms with Gasteiger partial charge in [0.2, 0.25) is 0 Å². The van der Waals surface area contributed by atoms with Crippen LogP contribution in [0.4, 0.5) is 0 Å². The monoisotopic (exact) mass is 347 g/mol. The lowest BCUT2D eigenvalue weighted by Crippen LogP contribution is -2.23. The average Bonchev–Trinajstić information content (AvgIpc) is 2.48. The summed E-state index contributed by atoms with van der Waals surface area (Å²) in [6, 6.07) is 12.9. The molecule has 0 aliphatic rings. The van der Waals surface area contributed by atoms with Gasteiger partial charge < -0.3 is 10.1 Å². The molecule has 0 radical (unpaired) electrons. The van der Waals surface area contributed by atoms with E-state index in [0.717, 1.165) is 16.8 Å². The fourth-order valence-corrected chi connectivity index (χ4v) is 2.99. The van der Waals surface area contributed by atoms with Gasteiger partial charge in [0.1, 0.15) is 5.75 Å². The molecule has 0 aromatic heterocycles. The Morgan fingerprint density at radius 1 is 1.05 bits per heavy atom. The van der Waals surface area contributed by atoms with Gasteiger partial charge >= 0.3 is 0 Å². The molecule has 2 nitrogen and oxygen atoms in total. The Morgan fingerprint density at radius 3 is 2.43 bits per heavy atom. The number of aryl methyl sites for hydroxylation is 2. The van der Waals surface area contributed by atoms with E-state index < -0.39 is 0 Å². The molecule has 0 heterocycles. The SMILES string of the molecule is CCNC(c1ccc(OC)cc1C)c1cc(Br)ccc1C. The van der Waals surface area contributed by atoms with Crippen LogP contribution in [-0.2, 0) is 0 Å². The maximum Gasteiger partial charge on any atom is 0.119 e. The highest BCUT2D eigenvalue weighted by Gasteiger charge is 2.17. The van der Waals surface area contributed by atoms with Gasteiger partial charge in [0.05, 0.1) is 13.2 Å². The van der Waals surface area contributed by atoms with Crippen LogP contribution in [0.3, 0.4) is 0 Å². The first-order valence-corrected chi connectivity index (χ1v) is 8.00. The molecule has 1 N–H and O–H groups in total. The van der Waals surface area contributed by atoms with Gasteiger partial charge in [0, 0.05) is 4.47 Å². The number of rotatable bonds is 5. The van der Waals surface area contributed by atoms with Gasteiger partial charge in [-0.2, -0.15) is 0 Å². The van der Waals surface area contributed by atoms with Crippen molar-refractivity contribution >= 4 is 15.9 Å². The van der Waals surface area contributed by atoms with Crippen LogP contribution in [0.2, 0.25) is 0 Å². The Labute approximate surface area is 135 Å². The molecule has 0 spiro atoms. The van der Waals surface area contributed by atoms with E-state index in [1.807, 2.05) is 6.07 Å². The molecule has 112 valence electrons. The van der Waals surface area contributed by atoms with Crippen molar-refractivity contribution in [2.45, 2.75) is 26.8 Å². The van der Waals surface area contributed by atoms with E-state index in [2.05, 4.69) is 72.3 Å². The van der Waals surface area contributed by atoms with Crippen LogP contribution in [-0.4, -0.2) is 13.7 Å². The van der Waals surface area contributed by atoms with Gasteiger partial charge in [-0.05, 0) is 66.9 Å². The van der Waals surface area contributed by atoms with Crippen molar-refractivity contribution in [1.82, 2.24) is 5.32 Å². The first-order chi connectivity index (χ1) is 10.1. The van der Waals surface area contributed by atoms with Gasteiger partial charge in [-0.1, -0.05) is 35.0 Å². The molecular formula is C18H22BrNO. The Hall–Kier alpha value is -1.32. The standard InChI is InChI=1S/C18H22BrNO/c1-5-20-18(17-11-14(19)7-6-12(17)2)16-9-8-15(21-4)10-13(16)3/h6-11,18,20H,5H2,1-4H3. The molecule has 0 bridgehead atoms. The first kappa shape index (κ1) is 16.1. The van der Waals surface area contributed by atoms with Crippen LogP contribution in [0.5, 0.6) is 5.75 Å². The molecule has 2 rings (SSSR count). The van der Waals surface area contributed by atoms with Crippen LogP contribution < -0.4 is 10.1 Å². The average molecular weight is 348 g/mol. The number of methoxy groups -OCH3 is 1. The molecule has 0 fully saturated rings. The van der Waals surface area contributed by atoms with Crippen LogP contribution in [0.1, 0.15) is 35.2 Å². The molecule has 0 saturated carbocycles. The second kappa shape index (κ2) is 7.10. The Kier molecular flexibility index (Phi) is 5.43. The van der Waals surface area contributed by atoms with Crippen LogP contribution >= 0.6 is 15.9 Å². The number of nitrogens with one attached hydrogen (secondary N) is 1. The van der Waals surface area contributed by atoms with Crippen LogP contribution in [0, 0.1) is 13.8 Å². The number of benzene rings is 2. The minimum atomic E-state index is 0.193. The lowest BCUT2D eigenvalue weighted by Gasteiger charge is -2.23. The van der Waals surface area contributed by atoms with E-state index in [4.69, 9.17) is 4.74 Å². The maximum atomic E-state index is 5.31. The van der Waals surface area contributed by atoms with Crippen LogP contribution in [0.15, 0.2) is 40.9 Å². The zero-order valence-electron chi connectivity index (χ0n) is 13.0. The van der Waals surface area contributed by atoms with Gasteiger partial charge in [-0.3, -0.25) is 0 Å². The topological polar surface area (TPSA) is 21.3 Å². The normalized spacial score (nSPS) is 12.2. The van der Waals surface area contributed by atoms with E-state index in [0.29, 0.717) is 0 Å². The zero-order valence-corrected chi connectivity index (χ0v) is 14.6. The molecule has 2 aromatic rings. The van der Waals surface area contributed by atoms with Crippen molar-refractivity contribution < 1.29 is 4.74 Å². The summed E-state index contributed by atoms with van der Waals surface area (Å²) in [7, 11) is 1.70. The summed E-state index contributed by atoms with van der Waals surface area (Å²) >= 11 is 3.58. The predicted molar refractivity (Wildman–Crippen MR) is 92.1 cm³/mol. The summed E-state index contributed by atoms with van der Waals surface area (Å²) in [5.74, 6) is 0.900. The molecule has 3 heteroatoms. The number of halogens is 1. The van der Waals surface area contributed by atoms with Crippen molar-refractivity contribution in [2.24, 2.45) is 0 Å². The van der Waals surface area contributed by atoms with Crippen molar-refractivity contribution in [2.75, 3.05) is 13.7 Å². The van der Waals surface area contributed by atoms with E-state index in [9.17, 15) is 0 Å². The largest absolute Gasteiger partial charge is 0.497 e. The smallest absolute Gasteiger partial charge is 0.119 e. The molecule has 21 heavy (non-hydrogen) atoms. The molecule has 2 aromatic carbocycles. The Morgan fingerprint density at radius 2 is 1.81 bits per heavy atom. The summed E-state index contributed by atoms with van der Waals surface area (Å²) in [6.07, 6.45) is 0. The molecule has 1 unspecified atom stereocenters. The molecular weight excluding hydrogens is 326 g/mol. The zero-order chi connectivity index (χ0) is 15.4. The summed E-state index contributed by atoms with van der Waals surface area (Å²) in [5, 5.41) is 3.60. The maximum absolute atomic E-state index is 5.31. The van der Waals surface area contributed by atoms with Crippen LogP contribution in [0.25, 0.3) is 0 Å². The number of ether oxygens (including phenoxy) is 1. The number of hydrogen-bond acceptors (Lipinski definition) is 2.